The number of nitrogens with zero attached hydrogens (tertiary/aromatic N) is 3. The number of anilines is 1. The van der Waals surface area contributed by atoms with Crippen LogP contribution < -0.4 is 10.6 Å². The molecule has 2 heterocycles. The first kappa shape index (κ1) is 16.5. The third-order valence-electron chi connectivity index (χ3n) is 3.80. The molecule has 1 aliphatic heterocycles. The van der Waals surface area contributed by atoms with Crippen molar-refractivity contribution in [2.75, 3.05) is 23.7 Å². The maximum atomic E-state index is 6.02. The van der Waals surface area contributed by atoms with E-state index < -0.39 is 0 Å². The van der Waals surface area contributed by atoms with Gasteiger partial charge in [-0.25, -0.2) is 0 Å². The third kappa shape index (κ3) is 3.48. The lowest BCUT2D eigenvalue weighted by Gasteiger charge is -2.39. The number of nitrogens with two attached hydrogens (primary N) is 1. The van der Waals surface area contributed by atoms with Crippen molar-refractivity contribution in [2.24, 2.45) is 5.73 Å². The van der Waals surface area contributed by atoms with Gasteiger partial charge in [0.15, 0.2) is 5.82 Å². The second-order valence-corrected chi connectivity index (χ2v) is 8.17. The molecular formula is C15H24N4S2. The number of hydrogen-bond donors (Lipinski definition) is 1. The van der Waals surface area contributed by atoms with Crippen molar-refractivity contribution in [3.05, 3.63) is 16.8 Å². The van der Waals surface area contributed by atoms with Gasteiger partial charge in [-0.1, -0.05) is 26.1 Å². The molecule has 0 bridgehead atoms. The molecule has 1 fully saturated rings. The Bertz CT molecular complexity index is 543. The molecule has 0 atom stereocenters. The first-order valence-corrected chi connectivity index (χ1v) is 8.86. The number of thiocarbonyl (C=S) groups is 1. The normalized spacial score (nSPS) is 17.8. The molecular weight excluding hydrogens is 300 g/mol. The van der Waals surface area contributed by atoms with Crippen LogP contribution in [0.2, 0.25) is 0 Å². The van der Waals surface area contributed by atoms with Crippen LogP contribution in [0, 0.1) is 0 Å². The standard InChI is InChI=1S/C15H24N4S2/c1-5-10-11(6-2)17-18-14(12(10)13(16)20)19-7-8-21-15(3,4)9-19/h5-9H2,1-4H3,(H2,16,20). The molecule has 1 saturated heterocycles. The summed E-state index contributed by atoms with van der Waals surface area (Å²) in [6, 6.07) is 0. The summed E-state index contributed by atoms with van der Waals surface area (Å²) in [6.07, 6.45) is 1.73. The molecule has 1 aliphatic rings. The monoisotopic (exact) mass is 324 g/mol. The van der Waals surface area contributed by atoms with E-state index in [-0.39, 0.29) is 4.75 Å². The van der Waals surface area contributed by atoms with E-state index >= 15 is 0 Å². The van der Waals surface area contributed by atoms with E-state index in [2.05, 4.69) is 42.8 Å². The van der Waals surface area contributed by atoms with Crippen molar-refractivity contribution >= 4 is 34.8 Å². The molecule has 4 nitrogen and oxygen atoms in total. The minimum absolute atomic E-state index is 0.212. The van der Waals surface area contributed by atoms with E-state index in [1.165, 1.54) is 0 Å². The molecule has 0 saturated carbocycles. The smallest absolute Gasteiger partial charge is 0.161 e. The van der Waals surface area contributed by atoms with E-state index in [0.29, 0.717) is 4.99 Å². The van der Waals surface area contributed by atoms with Crippen LogP contribution in [0.15, 0.2) is 0 Å². The van der Waals surface area contributed by atoms with Gasteiger partial charge in [0, 0.05) is 23.6 Å². The fraction of sp³-hybridized carbons (Fsp3) is 0.667. The summed E-state index contributed by atoms with van der Waals surface area (Å²) in [6.45, 7) is 10.6. The van der Waals surface area contributed by atoms with E-state index in [0.717, 1.165) is 54.3 Å². The Hall–Kier alpha value is -0.880. The maximum absolute atomic E-state index is 6.02. The number of aryl methyl sites for hydroxylation is 1. The summed E-state index contributed by atoms with van der Waals surface area (Å²) in [7, 11) is 0. The SMILES string of the molecule is CCc1nnc(N2CCSC(C)(C)C2)c(C(N)=S)c1CC. The first-order valence-electron chi connectivity index (χ1n) is 7.46. The van der Waals surface area contributed by atoms with Crippen molar-refractivity contribution < 1.29 is 0 Å². The van der Waals surface area contributed by atoms with Gasteiger partial charge in [-0.2, -0.15) is 16.9 Å². The Morgan fingerprint density at radius 3 is 2.57 bits per heavy atom. The van der Waals surface area contributed by atoms with Gasteiger partial charge in [-0.05, 0) is 32.3 Å². The highest BCUT2D eigenvalue weighted by Gasteiger charge is 2.30. The Balaban J connectivity index is 2.50. The lowest BCUT2D eigenvalue weighted by Crippen LogP contribution is -2.44. The van der Waals surface area contributed by atoms with Gasteiger partial charge >= 0.3 is 0 Å². The summed E-state index contributed by atoms with van der Waals surface area (Å²) in [4.78, 5) is 2.72. The van der Waals surface area contributed by atoms with Crippen LogP contribution in [0.3, 0.4) is 0 Å². The van der Waals surface area contributed by atoms with Crippen molar-refractivity contribution in [1.82, 2.24) is 10.2 Å². The average molecular weight is 325 g/mol. The van der Waals surface area contributed by atoms with E-state index in [4.69, 9.17) is 18.0 Å². The fourth-order valence-electron chi connectivity index (χ4n) is 2.84. The van der Waals surface area contributed by atoms with Gasteiger partial charge in [0.1, 0.15) is 4.99 Å². The van der Waals surface area contributed by atoms with Crippen molar-refractivity contribution in [3.8, 4) is 0 Å². The molecule has 0 amide bonds. The molecule has 2 rings (SSSR count). The van der Waals surface area contributed by atoms with Crippen molar-refractivity contribution in [2.45, 2.75) is 45.3 Å². The van der Waals surface area contributed by atoms with Crippen LogP contribution in [-0.2, 0) is 12.8 Å². The Morgan fingerprint density at radius 2 is 2.05 bits per heavy atom. The highest BCUT2D eigenvalue weighted by atomic mass is 32.2. The second-order valence-electron chi connectivity index (χ2n) is 5.92. The van der Waals surface area contributed by atoms with E-state index in [1.807, 2.05) is 11.8 Å². The van der Waals surface area contributed by atoms with Crippen molar-refractivity contribution in [1.29, 1.82) is 0 Å². The summed E-state index contributed by atoms with van der Waals surface area (Å²) >= 11 is 7.31. The van der Waals surface area contributed by atoms with Gasteiger partial charge in [0.25, 0.3) is 0 Å². The molecule has 116 valence electrons. The van der Waals surface area contributed by atoms with Crippen LogP contribution in [0.4, 0.5) is 5.82 Å². The molecule has 0 radical (unpaired) electrons. The average Bonchev–Trinajstić information content (AvgIpc) is 2.44. The van der Waals surface area contributed by atoms with Crippen LogP contribution in [0.25, 0.3) is 0 Å². The zero-order valence-electron chi connectivity index (χ0n) is 13.3. The fourth-order valence-corrected chi connectivity index (χ4v) is 4.17. The first-order chi connectivity index (χ1) is 9.89. The number of thioether (sulfide) groups is 1. The summed E-state index contributed by atoms with van der Waals surface area (Å²) in [5.74, 6) is 1.95. The third-order valence-corrected chi connectivity index (χ3v) is 5.30. The Labute approximate surface area is 136 Å². The molecule has 0 spiro atoms. The van der Waals surface area contributed by atoms with Gasteiger partial charge in [0.05, 0.1) is 11.3 Å². The molecule has 1 aromatic heterocycles. The van der Waals surface area contributed by atoms with Gasteiger partial charge in [-0.15, -0.1) is 5.10 Å². The molecule has 6 heteroatoms. The van der Waals surface area contributed by atoms with Crippen LogP contribution in [0.5, 0.6) is 0 Å². The van der Waals surface area contributed by atoms with Gasteiger partial charge < -0.3 is 10.6 Å². The van der Waals surface area contributed by atoms with Gasteiger partial charge in [-0.3, -0.25) is 0 Å². The number of hydrogen-bond acceptors (Lipinski definition) is 5. The highest BCUT2D eigenvalue weighted by Crippen LogP contribution is 2.33. The number of aromatic nitrogens is 2. The zero-order chi connectivity index (χ0) is 15.6. The maximum Gasteiger partial charge on any atom is 0.161 e. The van der Waals surface area contributed by atoms with Crippen molar-refractivity contribution in [3.63, 3.8) is 0 Å². The Kier molecular flexibility index (Phi) is 5.09. The molecule has 2 N–H and O–H groups in total. The molecule has 21 heavy (non-hydrogen) atoms. The predicted molar refractivity (Wildman–Crippen MR) is 95.4 cm³/mol. The largest absolute Gasteiger partial charge is 0.389 e. The summed E-state index contributed by atoms with van der Waals surface area (Å²) < 4.78 is 0.212. The Morgan fingerprint density at radius 1 is 1.33 bits per heavy atom. The predicted octanol–water partition coefficient (Wildman–Crippen LogP) is 2.57. The minimum atomic E-state index is 0.212. The zero-order valence-corrected chi connectivity index (χ0v) is 14.9. The molecule has 1 aromatic rings. The second kappa shape index (κ2) is 6.48. The lowest BCUT2D eigenvalue weighted by atomic mass is 10.0. The minimum Gasteiger partial charge on any atom is -0.389 e. The van der Waals surface area contributed by atoms with Gasteiger partial charge in [0.2, 0.25) is 0 Å². The summed E-state index contributed by atoms with van der Waals surface area (Å²) in [5.41, 5.74) is 9.12. The molecule has 0 aliphatic carbocycles. The van der Waals surface area contributed by atoms with Crippen LogP contribution in [0.1, 0.15) is 44.5 Å². The molecule has 0 aromatic carbocycles. The summed E-state index contributed by atoms with van der Waals surface area (Å²) in [5, 5.41) is 8.89. The van der Waals surface area contributed by atoms with E-state index in [9.17, 15) is 0 Å². The van der Waals surface area contributed by atoms with E-state index in [1.54, 1.807) is 0 Å². The lowest BCUT2D eigenvalue weighted by molar-refractivity contribution is 0.636. The quantitative estimate of drug-likeness (QED) is 0.859. The number of rotatable bonds is 4. The van der Waals surface area contributed by atoms with Crippen LogP contribution >= 0.6 is 24.0 Å². The molecule has 0 unspecified atom stereocenters. The van der Waals surface area contributed by atoms with Crippen LogP contribution in [-0.4, -0.2) is 38.8 Å². The highest BCUT2D eigenvalue weighted by molar-refractivity contribution is 8.00. The topological polar surface area (TPSA) is 55.0 Å².